The summed E-state index contributed by atoms with van der Waals surface area (Å²) in [4.78, 5) is 6.61. The fraction of sp³-hybridized carbons (Fsp3) is 0.600. The van der Waals surface area contributed by atoms with Gasteiger partial charge in [-0.15, -0.1) is 5.10 Å². The SMILES string of the molecule is COCCc1noc(CN[C@@H]2CCCN(c3cccnn3)C2)n1. The van der Waals surface area contributed by atoms with Gasteiger partial charge in [-0.1, -0.05) is 5.16 Å². The van der Waals surface area contributed by atoms with Crippen molar-refractivity contribution in [2.45, 2.75) is 31.8 Å². The highest BCUT2D eigenvalue weighted by molar-refractivity contribution is 5.37. The maximum Gasteiger partial charge on any atom is 0.240 e. The first-order valence-electron chi connectivity index (χ1n) is 7.91. The lowest BCUT2D eigenvalue weighted by Crippen LogP contribution is -2.45. The highest BCUT2D eigenvalue weighted by Gasteiger charge is 2.21. The molecule has 124 valence electrons. The summed E-state index contributed by atoms with van der Waals surface area (Å²) in [7, 11) is 1.66. The standard InChI is InChI=1S/C15H22N6O2/c1-22-9-6-13-18-15(23-20-13)10-16-12-4-3-8-21(11-12)14-5-2-7-17-19-14/h2,5,7,12,16H,3-4,6,8-11H2,1H3/t12-/m1/s1. The lowest BCUT2D eigenvalue weighted by Gasteiger charge is -2.33. The third-order valence-electron chi connectivity index (χ3n) is 3.89. The summed E-state index contributed by atoms with van der Waals surface area (Å²) >= 11 is 0. The summed E-state index contributed by atoms with van der Waals surface area (Å²) in [5.41, 5.74) is 0. The van der Waals surface area contributed by atoms with Crippen LogP contribution in [0.3, 0.4) is 0 Å². The van der Waals surface area contributed by atoms with Gasteiger partial charge < -0.3 is 19.5 Å². The Balaban J connectivity index is 1.49. The van der Waals surface area contributed by atoms with E-state index in [0.717, 1.165) is 31.7 Å². The van der Waals surface area contributed by atoms with Crippen LogP contribution < -0.4 is 10.2 Å². The molecule has 0 bridgehead atoms. The van der Waals surface area contributed by atoms with Gasteiger partial charge in [0.15, 0.2) is 11.6 Å². The third kappa shape index (κ3) is 4.46. The average molecular weight is 318 g/mol. The Hall–Kier alpha value is -2.06. The topological polar surface area (TPSA) is 89.2 Å². The molecule has 0 aromatic carbocycles. The Kier molecular flexibility index (Phi) is 5.49. The molecule has 8 heteroatoms. The van der Waals surface area contributed by atoms with E-state index in [1.807, 2.05) is 12.1 Å². The molecule has 0 saturated carbocycles. The molecule has 1 saturated heterocycles. The molecule has 1 aliphatic rings. The predicted molar refractivity (Wildman–Crippen MR) is 84.0 cm³/mol. The molecular formula is C15H22N6O2. The molecule has 1 N–H and O–H groups in total. The monoisotopic (exact) mass is 318 g/mol. The van der Waals surface area contributed by atoms with Gasteiger partial charge in [0.2, 0.25) is 5.89 Å². The number of methoxy groups -OCH3 is 1. The first-order valence-corrected chi connectivity index (χ1v) is 7.91. The molecular weight excluding hydrogens is 296 g/mol. The van der Waals surface area contributed by atoms with Crippen molar-refractivity contribution >= 4 is 5.82 Å². The summed E-state index contributed by atoms with van der Waals surface area (Å²) in [6.45, 7) is 3.10. The lowest BCUT2D eigenvalue weighted by atomic mass is 10.1. The minimum atomic E-state index is 0.375. The van der Waals surface area contributed by atoms with Crippen LogP contribution in [0.15, 0.2) is 22.9 Å². The van der Waals surface area contributed by atoms with Gasteiger partial charge in [-0.05, 0) is 25.0 Å². The normalized spacial score (nSPS) is 18.3. The van der Waals surface area contributed by atoms with Crippen LogP contribution in [0.4, 0.5) is 5.82 Å². The molecule has 8 nitrogen and oxygen atoms in total. The number of hydrogen-bond acceptors (Lipinski definition) is 8. The molecule has 0 amide bonds. The second-order valence-corrected chi connectivity index (χ2v) is 5.60. The largest absolute Gasteiger partial charge is 0.384 e. The molecule has 1 fully saturated rings. The summed E-state index contributed by atoms with van der Waals surface area (Å²) in [6.07, 6.45) is 4.61. The van der Waals surface area contributed by atoms with E-state index in [-0.39, 0.29) is 0 Å². The predicted octanol–water partition coefficient (Wildman–Crippen LogP) is 0.807. The van der Waals surface area contributed by atoms with Crippen molar-refractivity contribution in [3.63, 3.8) is 0 Å². The van der Waals surface area contributed by atoms with Crippen molar-refractivity contribution in [1.82, 2.24) is 25.7 Å². The smallest absolute Gasteiger partial charge is 0.240 e. The van der Waals surface area contributed by atoms with Crippen molar-refractivity contribution in [2.75, 3.05) is 31.7 Å². The quantitative estimate of drug-likeness (QED) is 0.802. The molecule has 0 radical (unpaired) electrons. The van der Waals surface area contributed by atoms with E-state index < -0.39 is 0 Å². The van der Waals surface area contributed by atoms with E-state index in [9.17, 15) is 0 Å². The van der Waals surface area contributed by atoms with E-state index in [1.54, 1.807) is 13.3 Å². The number of nitrogens with zero attached hydrogens (tertiary/aromatic N) is 5. The average Bonchev–Trinajstić information content (AvgIpc) is 3.07. The molecule has 0 spiro atoms. The number of hydrogen-bond donors (Lipinski definition) is 1. The van der Waals surface area contributed by atoms with Gasteiger partial charge in [-0.2, -0.15) is 10.1 Å². The zero-order valence-corrected chi connectivity index (χ0v) is 13.3. The maximum atomic E-state index is 5.25. The van der Waals surface area contributed by atoms with E-state index >= 15 is 0 Å². The molecule has 3 rings (SSSR count). The summed E-state index contributed by atoms with van der Waals surface area (Å²) in [6, 6.07) is 4.29. The van der Waals surface area contributed by atoms with Crippen LogP contribution in [-0.4, -0.2) is 53.2 Å². The van der Waals surface area contributed by atoms with Gasteiger partial charge in [0, 0.05) is 38.9 Å². The number of rotatable bonds is 7. The zero-order valence-electron chi connectivity index (χ0n) is 13.3. The minimum Gasteiger partial charge on any atom is -0.384 e. The Morgan fingerprint density at radius 3 is 3.26 bits per heavy atom. The van der Waals surface area contributed by atoms with Gasteiger partial charge in [-0.3, -0.25) is 0 Å². The van der Waals surface area contributed by atoms with Gasteiger partial charge in [0.25, 0.3) is 0 Å². The molecule has 1 aliphatic heterocycles. The number of ether oxygens (including phenoxy) is 1. The van der Waals surface area contributed by atoms with Crippen LogP contribution in [0.5, 0.6) is 0 Å². The summed E-state index contributed by atoms with van der Waals surface area (Å²) in [5.74, 6) is 2.24. The molecule has 0 unspecified atom stereocenters. The highest BCUT2D eigenvalue weighted by atomic mass is 16.5. The van der Waals surface area contributed by atoms with Crippen LogP contribution in [0.25, 0.3) is 0 Å². The van der Waals surface area contributed by atoms with E-state index in [2.05, 4.69) is 30.6 Å². The van der Waals surface area contributed by atoms with Crippen molar-refractivity contribution < 1.29 is 9.26 Å². The van der Waals surface area contributed by atoms with E-state index in [0.29, 0.717) is 37.3 Å². The van der Waals surface area contributed by atoms with Crippen molar-refractivity contribution in [3.8, 4) is 0 Å². The van der Waals surface area contributed by atoms with E-state index in [4.69, 9.17) is 9.26 Å². The van der Waals surface area contributed by atoms with E-state index in [1.165, 1.54) is 0 Å². The number of nitrogens with one attached hydrogen (secondary N) is 1. The van der Waals surface area contributed by atoms with Gasteiger partial charge in [0.05, 0.1) is 13.2 Å². The second-order valence-electron chi connectivity index (χ2n) is 5.60. The van der Waals surface area contributed by atoms with Crippen LogP contribution in [0.1, 0.15) is 24.6 Å². The molecule has 3 heterocycles. The maximum absolute atomic E-state index is 5.25. The van der Waals surface area contributed by atoms with Crippen molar-refractivity contribution in [2.24, 2.45) is 0 Å². The summed E-state index contributed by atoms with van der Waals surface area (Å²) in [5, 5.41) is 15.6. The molecule has 0 aliphatic carbocycles. The van der Waals surface area contributed by atoms with Crippen LogP contribution in [0.2, 0.25) is 0 Å². The first-order chi connectivity index (χ1) is 11.3. The summed E-state index contributed by atoms with van der Waals surface area (Å²) < 4.78 is 10.3. The van der Waals surface area contributed by atoms with Crippen molar-refractivity contribution in [1.29, 1.82) is 0 Å². The molecule has 2 aromatic heterocycles. The Labute approximate surface area is 135 Å². The zero-order chi connectivity index (χ0) is 15.9. The Bertz CT molecular complexity index is 591. The lowest BCUT2D eigenvalue weighted by molar-refractivity contribution is 0.199. The highest BCUT2D eigenvalue weighted by Crippen LogP contribution is 2.16. The van der Waals surface area contributed by atoms with Crippen LogP contribution in [-0.2, 0) is 17.7 Å². The second kappa shape index (κ2) is 7.98. The van der Waals surface area contributed by atoms with Crippen LogP contribution in [0, 0.1) is 0 Å². The fourth-order valence-corrected chi connectivity index (χ4v) is 2.70. The van der Waals surface area contributed by atoms with Gasteiger partial charge in [0.1, 0.15) is 0 Å². The van der Waals surface area contributed by atoms with Crippen LogP contribution >= 0.6 is 0 Å². The number of piperidine rings is 1. The third-order valence-corrected chi connectivity index (χ3v) is 3.89. The Morgan fingerprint density at radius 2 is 2.43 bits per heavy atom. The molecule has 23 heavy (non-hydrogen) atoms. The molecule has 2 aromatic rings. The fourth-order valence-electron chi connectivity index (χ4n) is 2.70. The first kappa shape index (κ1) is 15.8. The minimum absolute atomic E-state index is 0.375. The van der Waals surface area contributed by atoms with Crippen molar-refractivity contribution in [3.05, 3.63) is 30.0 Å². The Morgan fingerprint density at radius 1 is 1.48 bits per heavy atom. The van der Waals surface area contributed by atoms with Gasteiger partial charge in [-0.25, -0.2) is 0 Å². The number of anilines is 1. The number of aromatic nitrogens is 4. The van der Waals surface area contributed by atoms with Gasteiger partial charge >= 0.3 is 0 Å². The molecule has 1 atom stereocenters.